The van der Waals surface area contributed by atoms with Crippen LogP contribution < -0.4 is 9.47 Å². The van der Waals surface area contributed by atoms with E-state index in [1.165, 1.54) is 0 Å². The largest absolute Gasteiger partial charge is 0.490 e. The predicted molar refractivity (Wildman–Crippen MR) is 118 cm³/mol. The Morgan fingerprint density at radius 3 is 2.87 bits per heavy atom. The van der Waals surface area contributed by atoms with Gasteiger partial charge in [-0.15, -0.1) is 0 Å². The average Bonchev–Trinajstić information content (AvgIpc) is 3.39. The molecule has 1 aliphatic rings. The summed E-state index contributed by atoms with van der Waals surface area (Å²) in [6, 6.07) is 11.2. The number of imidazole rings is 1. The SMILES string of the molecule is CCCOc1c(Cl)cc(C(=O)N2CCC[C@H]2c2nc3ccccc3[nH]2)cc1OCC. The summed E-state index contributed by atoms with van der Waals surface area (Å²) in [5, 5.41) is 0.386. The molecule has 6 nitrogen and oxygen atoms in total. The summed E-state index contributed by atoms with van der Waals surface area (Å²) in [6.45, 7) is 5.59. The number of hydrogen-bond acceptors (Lipinski definition) is 4. The van der Waals surface area contributed by atoms with Crippen molar-refractivity contribution in [2.24, 2.45) is 0 Å². The molecule has 0 aliphatic carbocycles. The lowest BCUT2D eigenvalue weighted by molar-refractivity contribution is 0.0730. The van der Waals surface area contributed by atoms with Gasteiger partial charge in [-0.2, -0.15) is 0 Å². The number of fused-ring (bicyclic) bond motifs is 1. The van der Waals surface area contributed by atoms with Gasteiger partial charge in [-0.25, -0.2) is 4.98 Å². The van der Waals surface area contributed by atoms with Crippen LogP contribution >= 0.6 is 11.6 Å². The summed E-state index contributed by atoms with van der Waals surface area (Å²) < 4.78 is 11.5. The molecule has 2 aromatic carbocycles. The Kier molecular flexibility index (Phi) is 6.13. The number of para-hydroxylation sites is 2. The van der Waals surface area contributed by atoms with Crippen LogP contribution in [0.2, 0.25) is 5.02 Å². The fraction of sp³-hybridized carbons (Fsp3) is 0.391. The van der Waals surface area contributed by atoms with Gasteiger partial charge in [0.2, 0.25) is 0 Å². The van der Waals surface area contributed by atoms with Crippen LogP contribution in [0.1, 0.15) is 55.3 Å². The number of amides is 1. The van der Waals surface area contributed by atoms with Gasteiger partial charge in [0.1, 0.15) is 5.82 Å². The second-order valence-corrected chi connectivity index (χ2v) is 7.77. The number of nitrogens with zero attached hydrogens (tertiary/aromatic N) is 2. The zero-order valence-electron chi connectivity index (χ0n) is 17.3. The maximum atomic E-state index is 13.4. The van der Waals surface area contributed by atoms with E-state index in [1.807, 2.05) is 43.0 Å². The van der Waals surface area contributed by atoms with E-state index in [1.54, 1.807) is 12.1 Å². The van der Waals surface area contributed by atoms with E-state index in [0.29, 0.717) is 41.8 Å². The Balaban J connectivity index is 1.64. The number of ether oxygens (including phenoxy) is 2. The predicted octanol–water partition coefficient (Wildman–Crippen LogP) is 5.38. The van der Waals surface area contributed by atoms with Crippen LogP contribution in [0.25, 0.3) is 11.0 Å². The Labute approximate surface area is 181 Å². The number of rotatable bonds is 7. The molecule has 0 saturated carbocycles. The van der Waals surface area contributed by atoms with Gasteiger partial charge >= 0.3 is 0 Å². The van der Waals surface area contributed by atoms with E-state index in [0.717, 1.165) is 36.1 Å². The van der Waals surface area contributed by atoms with Crippen molar-refractivity contribution in [1.82, 2.24) is 14.9 Å². The zero-order valence-corrected chi connectivity index (χ0v) is 18.0. The van der Waals surface area contributed by atoms with Gasteiger partial charge in [-0.05, 0) is 50.5 Å². The number of H-pyrrole nitrogens is 1. The van der Waals surface area contributed by atoms with Crippen molar-refractivity contribution in [2.45, 2.75) is 39.2 Å². The van der Waals surface area contributed by atoms with Crippen LogP contribution in [0.3, 0.4) is 0 Å². The molecule has 2 heterocycles. The molecule has 7 heteroatoms. The van der Waals surface area contributed by atoms with Gasteiger partial charge in [0.15, 0.2) is 11.5 Å². The van der Waals surface area contributed by atoms with Crippen LogP contribution in [-0.2, 0) is 0 Å². The molecule has 1 atom stereocenters. The molecule has 4 rings (SSSR count). The van der Waals surface area contributed by atoms with Gasteiger partial charge in [0.05, 0.1) is 35.3 Å². The van der Waals surface area contributed by atoms with Gasteiger partial charge in [-0.1, -0.05) is 30.7 Å². The van der Waals surface area contributed by atoms with Gasteiger partial charge in [-0.3, -0.25) is 4.79 Å². The number of benzene rings is 2. The highest BCUT2D eigenvalue weighted by atomic mass is 35.5. The van der Waals surface area contributed by atoms with E-state index < -0.39 is 0 Å². The third kappa shape index (κ3) is 3.97. The molecule has 1 fully saturated rings. The minimum atomic E-state index is -0.0877. The first-order valence-corrected chi connectivity index (χ1v) is 10.8. The Morgan fingerprint density at radius 1 is 1.27 bits per heavy atom. The van der Waals surface area contributed by atoms with Gasteiger partial charge in [0.25, 0.3) is 5.91 Å². The molecule has 1 saturated heterocycles. The van der Waals surface area contributed by atoms with E-state index in [4.69, 9.17) is 26.1 Å². The molecular formula is C23H26ClN3O3. The lowest BCUT2D eigenvalue weighted by Gasteiger charge is -2.24. The lowest BCUT2D eigenvalue weighted by atomic mass is 10.1. The number of likely N-dealkylation sites (tertiary alicyclic amines) is 1. The Bertz CT molecular complexity index is 1020. The zero-order chi connectivity index (χ0) is 21.1. The summed E-state index contributed by atoms with van der Waals surface area (Å²) in [6.07, 6.45) is 2.65. The first-order chi connectivity index (χ1) is 14.6. The van der Waals surface area contributed by atoms with Crippen molar-refractivity contribution in [1.29, 1.82) is 0 Å². The highest BCUT2D eigenvalue weighted by Gasteiger charge is 2.33. The fourth-order valence-corrected chi connectivity index (χ4v) is 4.15. The quantitative estimate of drug-likeness (QED) is 0.549. The highest BCUT2D eigenvalue weighted by Crippen LogP contribution is 2.39. The Hall–Kier alpha value is -2.73. The molecule has 0 unspecified atom stereocenters. The maximum absolute atomic E-state index is 13.4. The number of aromatic amines is 1. The molecule has 30 heavy (non-hydrogen) atoms. The third-order valence-electron chi connectivity index (χ3n) is 5.24. The molecule has 0 spiro atoms. The smallest absolute Gasteiger partial charge is 0.254 e. The van der Waals surface area contributed by atoms with Crippen LogP contribution in [0.15, 0.2) is 36.4 Å². The fourth-order valence-electron chi connectivity index (χ4n) is 3.89. The summed E-state index contributed by atoms with van der Waals surface area (Å²) >= 11 is 6.47. The molecule has 3 aromatic rings. The van der Waals surface area contributed by atoms with Crippen molar-refractivity contribution in [3.8, 4) is 11.5 Å². The number of aromatic nitrogens is 2. The van der Waals surface area contributed by atoms with Crippen LogP contribution in [0.4, 0.5) is 0 Å². The van der Waals surface area contributed by atoms with E-state index >= 15 is 0 Å². The second-order valence-electron chi connectivity index (χ2n) is 7.36. The molecule has 158 valence electrons. The minimum absolute atomic E-state index is 0.0807. The molecule has 1 amide bonds. The first kappa shape index (κ1) is 20.5. The van der Waals surface area contributed by atoms with Crippen LogP contribution in [0.5, 0.6) is 11.5 Å². The van der Waals surface area contributed by atoms with Crippen molar-refractivity contribution in [2.75, 3.05) is 19.8 Å². The number of carbonyl (C=O) groups excluding carboxylic acids is 1. The minimum Gasteiger partial charge on any atom is -0.490 e. The number of halogens is 1. The molecule has 1 aliphatic heterocycles. The molecular weight excluding hydrogens is 402 g/mol. The van der Waals surface area contributed by atoms with Gasteiger partial charge < -0.3 is 19.4 Å². The molecule has 1 aromatic heterocycles. The highest BCUT2D eigenvalue weighted by molar-refractivity contribution is 6.32. The molecule has 0 bridgehead atoms. The standard InChI is InChI=1S/C23H26ClN3O3/c1-3-12-30-21-16(24)13-15(14-20(21)29-4-2)23(28)27-11-7-10-19(27)22-25-17-8-5-6-9-18(17)26-22/h5-6,8-9,13-14,19H,3-4,7,10-12H2,1-2H3,(H,25,26)/t19-/m0/s1. The monoisotopic (exact) mass is 427 g/mol. The summed E-state index contributed by atoms with van der Waals surface area (Å²) in [5.41, 5.74) is 2.38. The summed E-state index contributed by atoms with van der Waals surface area (Å²) in [4.78, 5) is 23.4. The Morgan fingerprint density at radius 2 is 2.10 bits per heavy atom. The third-order valence-corrected chi connectivity index (χ3v) is 5.52. The topological polar surface area (TPSA) is 67.5 Å². The maximum Gasteiger partial charge on any atom is 0.254 e. The number of hydrogen-bond donors (Lipinski definition) is 1. The summed E-state index contributed by atoms with van der Waals surface area (Å²) in [5.74, 6) is 1.73. The molecule has 1 N–H and O–H groups in total. The average molecular weight is 428 g/mol. The van der Waals surface area contributed by atoms with Crippen molar-refractivity contribution < 1.29 is 14.3 Å². The normalized spacial score (nSPS) is 16.2. The van der Waals surface area contributed by atoms with E-state index in [9.17, 15) is 4.79 Å². The van der Waals surface area contributed by atoms with Gasteiger partial charge in [0, 0.05) is 12.1 Å². The lowest BCUT2D eigenvalue weighted by Crippen LogP contribution is -2.31. The van der Waals surface area contributed by atoms with Crippen LogP contribution in [-0.4, -0.2) is 40.5 Å². The number of nitrogens with one attached hydrogen (secondary N) is 1. The summed E-state index contributed by atoms with van der Waals surface area (Å²) in [7, 11) is 0. The van der Waals surface area contributed by atoms with E-state index in [-0.39, 0.29) is 11.9 Å². The number of carbonyl (C=O) groups is 1. The van der Waals surface area contributed by atoms with Crippen molar-refractivity contribution in [3.63, 3.8) is 0 Å². The van der Waals surface area contributed by atoms with Crippen molar-refractivity contribution in [3.05, 3.63) is 52.8 Å². The second kappa shape index (κ2) is 8.96. The van der Waals surface area contributed by atoms with Crippen LogP contribution in [0, 0.1) is 0 Å². The van der Waals surface area contributed by atoms with E-state index in [2.05, 4.69) is 4.98 Å². The van der Waals surface area contributed by atoms with Crippen molar-refractivity contribution >= 4 is 28.5 Å². The molecule has 0 radical (unpaired) electrons. The first-order valence-electron chi connectivity index (χ1n) is 10.5.